The van der Waals surface area contributed by atoms with Gasteiger partial charge >= 0.3 is 0 Å². The van der Waals surface area contributed by atoms with E-state index < -0.39 is 18.1 Å². The molecule has 1 heterocycles. The quantitative estimate of drug-likeness (QED) is 0.777. The Balaban J connectivity index is 2.71. The fourth-order valence-corrected chi connectivity index (χ4v) is 2.80. The Morgan fingerprint density at radius 1 is 1.55 bits per heavy atom. The second kappa shape index (κ2) is 5.12. The maximum atomic E-state index is 12.3. The van der Waals surface area contributed by atoms with E-state index in [1.54, 1.807) is 32.0 Å². The van der Waals surface area contributed by atoms with Crippen LogP contribution in [0, 0.1) is 16.7 Å². The second-order valence-corrected chi connectivity index (χ2v) is 6.21. The average molecular weight is 338 g/mol. The van der Waals surface area contributed by atoms with Crippen LogP contribution in [0.15, 0.2) is 34.5 Å². The first kappa shape index (κ1) is 11.2. The largest absolute Gasteiger partial charge is 0.368 e. The Morgan fingerprint density at radius 3 is 2.90 bits per heavy atom. The van der Waals surface area contributed by atoms with Crippen LogP contribution < -0.4 is 0 Å². The van der Waals surface area contributed by atoms with Crippen LogP contribution in [0.25, 0.3) is 0 Å². The molecule has 2 rings (SSSR count). The van der Waals surface area contributed by atoms with Crippen molar-refractivity contribution in [1.82, 2.24) is 4.98 Å². The molecule has 1 aliphatic rings. The topological polar surface area (TPSA) is 63.0 Å². The number of ether oxygens (including phenoxy) is 1. The minimum atomic E-state index is -2.71. The molecule has 0 saturated heterocycles. The Labute approximate surface area is 130 Å². The number of hydrogen-bond acceptors (Lipinski definition) is 4. The highest BCUT2D eigenvalue weighted by Crippen LogP contribution is 2.44. The fourth-order valence-electron chi connectivity index (χ4n) is 2.46. The Kier molecular flexibility index (Phi) is 2.86. The summed E-state index contributed by atoms with van der Waals surface area (Å²) in [5, 5.41) is 9.26. The lowest BCUT2D eigenvalue weighted by atomic mass is 9.68. The molecule has 1 aliphatic carbocycles. The van der Waals surface area contributed by atoms with Crippen molar-refractivity contribution in [2.24, 2.45) is 5.41 Å². The molecule has 0 spiro atoms. The molecule has 0 fully saturated rings. The zero-order valence-electron chi connectivity index (χ0n) is 14.1. The van der Waals surface area contributed by atoms with Crippen LogP contribution in [-0.2, 0) is 15.1 Å². The number of allylic oxidation sites excluding steroid dienone is 1. The van der Waals surface area contributed by atoms with Gasteiger partial charge in [-0.15, -0.1) is 0 Å². The van der Waals surface area contributed by atoms with Gasteiger partial charge < -0.3 is 4.74 Å². The molecule has 0 N–H and O–H groups in total. The second-order valence-electron chi connectivity index (χ2n) is 5.40. The van der Waals surface area contributed by atoms with Crippen LogP contribution in [-0.4, -0.2) is 17.8 Å². The van der Waals surface area contributed by atoms with E-state index in [-0.39, 0.29) is 17.8 Å². The van der Waals surface area contributed by atoms with Gasteiger partial charge in [0.15, 0.2) is 5.78 Å². The molecular weight excluding hydrogens is 320 g/mol. The van der Waals surface area contributed by atoms with Crippen LogP contribution in [0.4, 0.5) is 0 Å². The van der Waals surface area contributed by atoms with Crippen molar-refractivity contribution in [3.05, 3.63) is 40.1 Å². The lowest BCUT2D eigenvalue weighted by Crippen LogP contribution is -2.42. The molecule has 5 heteroatoms. The number of halogens is 1. The van der Waals surface area contributed by atoms with Crippen molar-refractivity contribution in [1.29, 1.82) is 5.26 Å². The smallest absolute Gasteiger partial charge is 0.178 e. The monoisotopic (exact) mass is 337 g/mol. The van der Waals surface area contributed by atoms with E-state index in [9.17, 15) is 10.1 Å². The van der Waals surface area contributed by atoms with Gasteiger partial charge in [-0.2, -0.15) is 5.26 Å². The zero-order chi connectivity index (χ0) is 17.5. The third-order valence-corrected chi connectivity index (χ3v) is 3.83. The number of nitriles is 1. The summed E-state index contributed by atoms with van der Waals surface area (Å²) in [6, 6.07) is 6.85. The van der Waals surface area contributed by atoms with Crippen LogP contribution in [0.5, 0.6) is 0 Å². The first-order valence-corrected chi connectivity index (χ1v) is 6.79. The van der Waals surface area contributed by atoms with Gasteiger partial charge in [-0.1, -0.05) is 19.9 Å². The van der Waals surface area contributed by atoms with Crippen molar-refractivity contribution in [2.75, 3.05) is 7.04 Å². The van der Waals surface area contributed by atoms with E-state index in [0.717, 1.165) is 0 Å². The maximum Gasteiger partial charge on any atom is 0.178 e. The van der Waals surface area contributed by atoms with Crippen molar-refractivity contribution in [2.45, 2.75) is 25.9 Å². The number of methoxy groups -OCH3 is 1. The number of hydrogen-bond donors (Lipinski definition) is 0. The van der Waals surface area contributed by atoms with Crippen molar-refractivity contribution >= 4 is 21.7 Å². The van der Waals surface area contributed by atoms with Gasteiger partial charge in [0, 0.05) is 12.5 Å². The van der Waals surface area contributed by atoms with Crippen molar-refractivity contribution < 1.29 is 13.6 Å². The Morgan fingerprint density at radius 2 is 2.30 bits per heavy atom. The van der Waals surface area contributed by atoms with Crippen LogP contribution in [0.1, 0.15) is 30.1 Å². The van der Waals surface area contributed by atoms with Crippen molar-refractivity contribution in [3.63, 3.8) is 0 Å². The summed E-state index contributed by atoms with van der Waals surface area (Å²) in [6.07, 6.45) is 1.35. The summed E-state index contributed by atoms with van der Waals surface area (Å²) in [7, 11) is -2.71. The Hall–Kier alpha value is -1.51. The van der Waals surface area contributed by atoms with Gasteiger partial charge in [0.25, 0.3) is 0 Å². The highest BCUT2D eigenvalue weighted by molar-refractivity contribution is 9.10. The molecule has 1 aromatic heterocycles. The first-order chi connectivity index (χ1) is 10.5. The number of nitrogens with zero attached hydrogens (tertiary/aromatic N) is 2. The summed E-state index contributed by atoms with van der Waals surface area (Å²) < 4.78 is 28.3. The molecule has 0 radical (unpaired) electrons. The van der Waals surface area contributed by atoms with Crippen LogP contribution in [0.3, 0.4) is 0 Å². The lowest BCUT2D eigenvalue weighted by molar-refractivity contribution is -0.128. The summed E-state index contributed by atoms with van der Waals surface area (Å²) >= 11 is 3.25. The summed E-state index contributed by atoms with van der Waals surface area (Å²) in [4.78, 5) is 16.6. The van der Waals surface area contributed by atoms with Gasteiger partial charge in [0.1, 0.15) is 16.3 Å². The van der Waals surface area contributed by atoms with Crippen molar-refractivity contribution in [3.8, 4) is 6.07 Å². The third kappa shape index (κ3) is 2.41. The molecule has 104 valence electrons. The van der Waals surface area contributed by atoms with Gasteiger partial charge in [0.2, 0.25) is 0 Å². The zero-order valence-corrected chi connectivity index (χ0v) is 12.7. The standard InChI is InChI=1S/C15H15BrN2O2/c1-14(2)9-15(20-3,7-10(8-17)13(14)19)11-5-4-6-12(16)18-11/h4-7H,9H2,1-3H3/i3D3. The SMILES string of the molecule is [2H]C([2H])([2H])OC1(c2cccc(Br)n2)C=C(C#N)C(=O)C(C)(C)C1. The molecule has 1 aromatic rings. The molecule has 0 bridgehead atoms. The molecule has 0 saturated carbocycles. The lowest BCUT2D eigenvalue weighted by Gasteiger charge is -2.39. The van der Waals surface area contributed by atoms with E-state index in [4.69, 9.17) is 8.85 Å². The number of pyridine rings is 1. The van der Waals surface area contributed by atoms with Gasteiger partial charge in [0.05, 0.1) is 15.4 Å². The molecule has 1 unspecified atom stereocenters. The van der Waals surface area contributed by atoms with E-state index in [1.165, 1.54) is 6.08 Å². The van der Waals surface area contributed by atoms with E-state index in [1.807, 2.05) is 6.07 Å². The molecule has 0 aliphatic heterocycles. The van der Waals surface area contributed by atoms with Gasteiger partial charge in [-0.3, -0.25) is 4.79 Å². The number of ketones is 1. The normalized spacial score (nSPS) is 27.8. The maximum absolute atomic E-state index is 12.3. The van der Waals surface area contributed by atoms with Crippen LogP contribution >= 0.6 is 15.9 Å². The minimum Gasteiger partial charge on any atom is -0.368 e. The minimum absolute atomic E-state index is 0.0753. The van der Waals surface area contributed by atoms with Gasteiger partial charge in [-0.05, 0) is 40.6 Å². The molecule has 20 heavy (non-hydrogen) atoms. The molecule has 1 atom stereocenters. The molecule has 0 aromatic carbocycles. The number of rotatable bonds is 2. The molecule has 4 nitrogen and oxygen atoms in total. The number of carbonyl (C=O) groups is 1. The highest BCUT2D eigenvalue weighted by atomic mass is 79.9. The van der Waals surface area contributed by atoms with Crippen LogP contribution in [0.2, 0.25) is 0 Å². The average Bonchev–Trinajstić information content (AvgIpc) is 2.40. The van der Waals surface area contributed by atoms with E-state index in [0.29, 0.717) is 10.3 Å². The predicted octanol–water partition coefficient (Wildman–Crippen LogP) is 3.13. The highest BCUT2D eigenvalue weighted by Gasteiger charge is 2.47. The van der Waals surface area contributed by atoms with E-state index >= 15 is 0 Å². The number of carbonyl (C=O) groups excluding carboxylic acids is 1. The predicted molar refractivity (Wildman–Crippen MR) is 77.7 cm³/mol. The molecule has 0 amide bonds. The van der Waals surface area contributed by atoms with Gasteiger partial charge in [-0.25, -0.2) is 4.98 Å². The summed E-state index contributed by atoms with van der Waals surface area (Å²) in [6.45, 7) is 3.32. The summed E-state index contributed by atoms with van der Waals surface area (Å²) in [5.41, 5.74) is -2.21. The number of aromatic nitrogens is 1. The Bertz CT molecular complexity index is 722. The van der Waals surface area contributed by atoms with E-state index in [2.05, 4.69) is 20.9 Å². The fraction of sp³-hybridized carbons (Fsp3) is 0.400. The summed E-state index contributed by atoms with van der Waals surface area (Å²) in [5.74, 6) is -0.334. The number of Topliss-reactive ketones (excluding diaryl/α,β-unsaturated/α-hetero) is 1. The third-order valence-electron chi connectivity index (χ3n) is 3.39. The molecular formula is C15H15BrN2O2. The first-order valence-electron chi connectivity index (χ1n) is 7.50.